The molecule has 3 atom stereocenters. The first-order chi connectivity index (χ1) is 16.0. The maximum Gasteiger partial charge on any atom is 0.309 e. The van der Waals surface area contributed by atoms with Crippen molar-refractivity contribution in [2.45, 2.75) is 66.9 Å². The summed E-state index contributed by atoms with van der Waals surface area (Å²) in [5, 5.41) is 0. The van der Waals surface area contributed by atoms with Gasteiger partial charge in [-0.05, 0) is 43.4 Å². The van der Waals surface area contributed by atoms with Crippen LogP contribution in [-0.4, -0.2) is 35.9 Å². The minimum absolute atomic E-state index is 0.0161. The molecule has 0 saturated heterocycles. The number of aryl methyl sites for hydroxylation is 1. The summed E-state index contributed by atoms with van der Waals surface area (Å²) in [4.78, 5) is 41.4. The molecular formula is C27H35NO6. The predicted molar refractivity (Wildman–Crippen MR) is 129 cm³/mol. The van der Waals surface area contributed by atoms with Crippen molar-refractivity contribution < 1.29 is 28.6 Å². The number of carbonyl (C=O) groups is 3. The van der Waals surface area contributed by atoms with Gasteiger partial charge in [-0.15, -0.1) is 0 Å². The molecule has 0 N–H and O–H groups in total. The Morgan fingerprint density at radius 3 is 2.29 bits per heavy atom. The molecule has 2 aromatic rings. The number of aromatic nitrogens is 1. The Morgan fingerprint density at radius 1 is 1.03 bits per heavy atom. The summed E-state index contributed by atoms with van der Waals surface area (Å²) in [5.74, 6) is -1.80. The van der Waals surface area contributed by atoms with Crippen LogP contribution < -0.4 is 9.47 Å². The number of carbonyl (C=O) groups excluding carboxylic acids is 3. The first-order valence-electron chi connectivity index (χ1n) is 11.5. The van der Waals surface area contributed by atoms with E-state index in [9.17, 15) is 14.4 Å². The SMILES string of the molecule is COc1ccnc(C(=O)C[C@@H](C)C(=O)O[C@@H](C)[C@H](c2cccc(C)c2C)C(C)C)c1OC(C)=O. The molecule has 0 bridgehead atoms. The van der Waals surface area contributed by atoms with Crippen molar-refractivity contribution in [1.82, 2.24) is 4.98 Å². The highest BCUT2D eigenvalue weighted by atomic mass is 16.6. The third-order valence-corrected chi connectivity index (χ3v) is 6.02. The molecule has 0 unspecified atom stereocenters. The predicted octanol–water partition coefficient (Wildman–Crippen LogP) is 5.21. The number of Topliss-reactive ketones (excluding diaryl/α,β-unsaturated/α-hetero) is 1. The van der Waals surface area contributed by atoms with Crippen LogP contribution in [0.15, 0.2) is 30.5 Å². The Morgan fingerprint density at radius 2 is 1.71 bits per heavy atom. The zero-order valence-corrected chi connectivity index (χ0v) is 21.3. The number of benzene rings is 1. The summed E-state index contributed by atoms with van der Waals surface area (Å²) in [5.41, 5.74) is 3.48. The summed E-state index contributed by atoms with van der Waals surface area (Å²) >= 11 is 0. The van der Waals surface area contributed by atoms with E-state index < -0.39 is 23.6 Å². The number of ether oxygens (including phenoxy) is 3. The van der Waals surface area contributed by atoms with Gasteiger partial charge in [-0.1, -0.05) is 39.0 Å². The van der Waals surface area contributed by atoms with Crippen molar-refractivity contribution in [3.63, 3.8) is 0 Å². The van der Waals surface area contributed by atoms with E-state index in [1.54, 1.807) is 6.92 Å². The third-order valence-electron chi connectivity index (χ3n) is 6.02. The molecule has 2 rings (SSSR count). The van der Waals surface area contributed by atoms with Crippen molar-refractivity contribution >= 4 is 17.7 Å². The van der Waals surface area contributed by atoms with Crippen molar-refractivity contribution in [1.29, 1.82) is 0 Å². The fraction of sp³-hybridized carbons (Fsp3) is 0.481. The van der Waals surface area contributed by atoms with E-state index in [4.69, 9.17) is 14.2 Å². The van der Waals surface area contributed by atoms with E-state index in [1.165, 1.54) is 37.4 Å². The molecule has 0 fully saturated rings. The molecule has 1 heterocycles. The average molecular weight is 470 g/mol. The van der Waals surface area contributed by atoms with Gasteiger partial charge in [-0.2, -0.15) is 0 Å². The minimum Gasteiger partial charge on any atom is -0.493 e. The Bertz CT molecular complexity index is 1050. The zero-order valence-electron chi connectivity index (χ0n) is 21.3. The monoisotopic (exact) mass is 469 g/mol. The lowest BCUT2D eigenvalue weighted by molar-refractivity contribution is -0.154. The highest BCUT2D eigenvalue weighted by molar-refractivity contribution is 5.99. The Balaban J connectivity index is 2.17. The number of methoxy groups -OCH3 is 1. The first-order valence-corrected chi connectivity index (χ1v) is 11.5. The van der Waals surface area contributed by atoms with Gasteiger partial charge < -0.3 is 14.2 Å². The average Bonchev–Trinajstić information content (AvgIpc) is 2.76. The number of ketones is 1. The molecule has 0 aliphatic heterocycles. The number of pyridine rings is 1. The van der Waals surface area contributed by atoms with Gasteiger partial charge in [-0.25, -0.2) is 4.98 Å². The van der Waals surface area contributed by atoms with E-state index in [2.05, 4.69) is 44.8 Å². The van der Waals surface area contributed by atoms with Crippen molar-refractivity contribution in [3.05, 3.63) is 52.8 Å². The van der Waals surface area contributed by atoms with Gasteiger partial charge in [0.1, 0.15) is 6.10 Å². The van der Waals surface area contributed by atoms with Gasteiger partial charge in [0.15, 0.2) is 17.2 Å². The summed E-state index contributed by atoms with van der Waals surface area (Å²) in [6, 6.07) is 7.66. The molecule has 34 heavy (non-hydrogen) atoms. The summed E-state index contributed by atoms with van der Waals surface area (Å²) in [6.45, 7) is 13.1. The fourth-order valence-electron chi connectivity index (χ4n) is 4.15. The van der Waals surface area contributed by atoms with Gasteiger partial charge in [0.25, 0.3) is 0 Å². The smallest absolute Gasteiger partial charge is 0.309 e. The first kappa shape index (κ1) is 27.0. The van der Waals surface area contributed by atoms with E-state index in [1.807, 2.05) is 13.0 Å². The molecule has 184 valence electrons. The standard InChI is InChI=1S/C27H35NO6/c1-15(2)24(21-11-9-10-16(3)18(21)5)19(6)33-27(31)17(4)14-22(30)25-26(34-20(7)29)23(32-8)12-13-28-25/h9-13,15,17,19,24H,14H2,1-8H3/t17-,19+,24-/m1/s1. The number of esters is 2. The maximum absolute atomic E-state index is 12.9. The van der Waals surface area contributed by atoms with Crippen molar-refractivity contribution in [3.8, 4) is 11.5 Å². The van der Waals surface area contributed by atoms with Crippen molar-refractivity contribution in [2.24, 2.45) is 11.8 Å². The summed E-state index contributed by atoms with van der Waals surface area (Å²) in [7, 11) is 1.40. The second kappa shape index (κ2) is 11.8. The van der Waals surface area contributed by atoms with Gasteiger partial charge in [0, 0.05) is 31.5 Å². The zero-order chi connectivity index (χ0) is 25.6. The second-order valence-electron chi connectivity index (χ2n) is 9.01. The molecule has 0 saturated carbocycles. The quantitative estimate of drug-likeness (QED) is 0.348. The number of hydrogen-bond donors (Lipinski definition) is 0. The Hall–Kier alpha value is -3.22. The van der Waals surface area contributed by atoms with Crippen molar-refractivity contribution in [2.75, 3.05) is 7.11 Å². The molecule has 7 heteroatoms. The van der Waals surface area contributed by atoms with Crippen LogP contribution in [0.4, 0.5) is 0 Å². The molecule has 1 aromatic carbocycles. The largest absolute Gasteiger partial charge is 0.493 e. The topological polar surface area (TPSA) is 91.8 Å². The minimum atomic E-state index is -0.709. The van der Waals surface area contributed by atoms with Crippen LogP contribution in [0.25, 0.3) is 0 Å². The lowest BCUT2D eigenvalue weighted by Crippen LogP contribution is -2.30. The Labute approximate surface area is 201 Å². The molecule has 0 aliphatic rings. The van der Waals surface area contributed by atoms with Crippen LogP contribution in [-0.2, 0) is 14.3 Å². The highest BCUT2D eigenvalue weighted by Gasteiger charge is 2.30. The molecule has 0 aliphatic carbocycles. The van der Waals surface area contributed by atoms with Crippen LogP contribution in [0.1, 0.15) is 74.1 Å². The van der Waals surface area contributed by atoms with Crippen LogP contribution in [0.5, 0.6) is 11.5 Å². The Kier molecular flexibility index (Phi) is 9.36. The number of nitrogens with zero attached hydrogens (tertiary/aromatic N) is 1. The van der Waals surface area contributed by atoms with Crippen LogP contribution >= 0.6 is 0 Å². The molecule has 7 nitrogen and oxygen atoms in total. The van der Waals surface area contributed by atoms with Gasteiger partial charge in [-0.3, -0.25) is 14.4 Å². The highest BCUT2D eigenvalue weighted by Crippen LogP contribution is 2.34. The molecule has 0 spiro atoms. The summed E-state index contributed by atoms with van der Waals surface area (Å²) in [6.07, 6.45) is 0.870. The van der Waals surface area contributed by atoms with Gasteiger partial charge in [0.2, 0.25) is 5.75 Å². The molecule has 0 amide bonds. The normalized spacial score (nSPS) is 13.7. The molecule has 1 aromatic heterocycles. The van der Waals surface area contributed by atoms with Crippen LogP contribution in [0.3, 0.4) is 0 Å². The second-order valence-corrected chi connectivity index (χ2v) is 9.01. The third kappa shape index (κ3) is 6.43. The molecule has 0 radical (unpaired) electrons. The number of hydrogen-bond acceptors (Lipinski definition) is 7. The lowest BCUT2D eigenvalue weighted by atomic mass is 9.81. The van der Waals surface area contributed by atoms with Crippen LogP contribution in [0.2, 0.25) is 0 Å². The van der Waals surface area contributed by atoms with Crippen LogP contribution in [0, 0.1) is 25.7 Å². The van der Waals surface area contributed by atoms with E-state index >= 15 is 0 Å². The van der Waals surface area contributed by atoms with E-state index in [-0.39, 0.29) is 41.6 Å². The number of rotatable bonds is 10. The van der Waals surface area contributed by atoms with Gasteiger partial charge >= 0.3 is 11.9 Å². The van der Waals surface area contributed by atoms with E-state index in [0.29, 0.717) is 0 Å². The maximum atomic E-state index is 12.9. The summed E-state index contributed by atoms with van der Waals surface area (Å²) < 4.78 is 16.2. The fourth-order valence-corrected chi connectivity index (χ4v) is 4.15. The lowest BCUT2D eigenvalue weighted by Gasteiger charge is -2.30. The molecular weight excluding hydrogens is 434 g/mol. The van der Waals surface area contributed by atoms with Gasteiger partial charge in [0.05, 0.1) is 13.0 Å². The van der Waals surface area contributed by atoms with E-state index in [0.717, 1.165) is 5.56 Å².